The number of rotatable bonds is 4. The molecular weight excluding hydrogens is 408 g/mol. The van der Waals surface area contributed by atoms with Crippen molar-refractivity contribution in [3.63, 3.8) is 0 Å². The molecule has 0 saturated carbocycles. The van der Waals surface area contributed by atoms with Gasteiger partial charge < -0.3 is 14.5 Å². The number of nitrogens with zero attached hydrogens (tertiary/aromatic N) is 3. The zero-order valence-corrected chi connectivity index (χ0v) is 17.1. The average Bonchev–Trinajstić information content (AvgIpc) is 3.20. The van der Waals surface area contributed by atoms with Crippen molar-refractivity contribution >= 4 is 11.8 Å². The number of ether oxygens (including phenoxy) is 1. The molecule has 2 aliphatic rings. The summed E-state index contributed by atoms with van der Waals surface area (Å²) < 4.78 is 33.3. The Balaban J connectivity index is 1.81. The third-order valence-corrected chi connectivity index (χ3v) is 5.76. The fourth-order valence-electron chi connectivity index (χ4n) is 4.16. The molecule has 0 N–H and O–H groups in total. The van der Waals surface area contributed by atoms with Crippen LogP contribution in [0.5, 0.6) is 0 Å². The van der Waals surface area contributed by atoms with E-state index in [-0.39, 0.29) is 44.1 Å². The molecule has 1 aromatic carbocycles. The standard InChI is InChI=1S/C22H23F2N3O4/c1-31-13-19(28)25-9-7-18-14(10-25)11-27(17-4-2-15(23)3-5-17)22(30)20(18)21(29)26-8-6-16(24)12-26/h2-5,11,16H,6-10,12-13H2,1H3/t16-/m1/s1. The third kappa shape index (κ3) is 4.10. The van der Waals surface area contributed by atoms with Gasteiger partial charge in [0.2, 0.25) is 5.91 Å². The van der Waals surface area contributed by atoms with E-state index in [1.807, 2.05) is 0 Å². The van der Waals surface area contributed by atoms with Crippen molar-refractivity contribution in [3.05, 3.63) is 63.3 Å². The monoisotopic (exact) mass is 431 g/mol. The minimum atomic E-state index is -1.11. The first-order chi connectivity index (χ1) is 14.9. The summed E-state index contributed by atoms with van der Waals surface area (Å²) in [7, 11) is 1.44. The van der Waals surface area contributed by atoms with Crippen LogP contribution in [0, 0.1) is 5.82 Å². The number of methoxy groups -OCH3 is 1. The number of pyridine rings is 1. The van der Waals surface area contributed by atoms with Crippen molar-refractivity contribution in [1.82, 2.24) is 14.4 Å². The van der Waals surface area contributed by atoms with Gasteiger partial charge in [0.05, 0.1) is 6.54 Å². The number of benzene rings is 1. The first kappa shape index (κ1) is 21.2. The van der Waals surface area contributed by atoms with E-state index in [1.54, 1.807) is 11.1 Å². The second-order valence-electron chi connectivity index (χ2n) is 7.79. The Kier molecular flexibility index (Phi) is 5.86. The van der Waals surface area contributed by atoms with Gasteiger partial charge in [0.15, 0.2) is 0 Å². The van der Waals surface area contributed by atoms with Gasteiger partial charge in [-0.05, 0) is 48.2 Å². The van der Waals surface area contributed by atoms with Gasteiger partial charge in [0.1, 0.15) is 24.2 Å². The van der Waals surface area contributed by atoms with E-state index < -0.39 is 23.5 Å². The number of hydrogen-bond donors (Lipinski definition) is 0. The minimum Gasteiger partial charge on any atom is -0.375 e. The van der Waals surface area contributed by atoms with Crippen molar-refractivity contribution in [2.24, 2.45) is 0 Å². The normalized spacial score (nSPS) is 18.2. The van der Waals surface area contributed by atoms with Crippen LogP contribution >= 0.6 is 0 Å². The van der Waals surface area contributed by atoms with Crippen LogP contribution in [0.4, 0.5) is 8.78 Å². The van der Waals surface area contributed by atoms with Gasteiger partial charge in [-0.15, -0.1) is 0 Å². The van der Waals surface area contributed by atoms with E-state index >= 15 is 0 Å². The van der Waals surface area contributed by atoms with Crippen LogP contribution in [-0.2, 0) is 22.5 Å². The molecule has 3 heterocycles. The highest BCUT2D eigenvalue weighted by molar-refractivity contribution is 5.96. The zero-order valence-electron chi connectivity index (χ0n) is 17.1. The molecule has 2 aromatic rings. The number of likely N-dealkylation sites (tertiary alicyclic amines) is 1. The first-order valence-corrected chi connectivity index (χ1v) is 10.1. The molecule has 1 fully saturated rings. The molecule has 4 rings (SSSR count). The van der Waals surface area contributed by atoms with Crippen molar-refractivity contribution in [1.29, 1.82) is 0 Å². The second-order valence-corrected chi connectivity index (χ2v) is 7.79. The largest absolute Gasteiger partial charge is 0.375 e. The summed E-state index contributed by atoms with van der Waals surface area (Å²) in [6.45, 7) is 0.700. The topological polar surface area (TPSA) is 71.8 Å². The highest BCUT2D eigenvalue weighted by atomic mass is 19.1. The molecule has 0 spiro atoms. The Hall–Kier alpha value is -3.07. The fraction of sp³-hybridized carbons (Fsp3) is 0.409. The van der Waals surface area contributed by atoms with Gasteiger partial charge in [-0.2, -0.15) is 0 Å². The first-order valence-electron chi connectivity index (χ1n) is 10.1. The number of fused-ring (bicyclic) bond motifs is 1. The molecule has 9 heteroatoms. The minimum absolute atomic E-state index is 0.00485. The molecule has 7 nitrogen and oxygen atoms in total. The van der Waals surface area contributed by atoms with Gasteiger partial charge in [-0.1, -0.05) is 0 Å². The number of amides is 2. The number of hydrogen-bond acceptors (Lipinski definition) is 4. The average molecular weight is 431 g/mol. The van der Waals surface area contributed by atoms with Crippen molar-refractivity contribution in [2.45, 2.75) is 25.6 Å². The van der Waals surface area contributed by atoms with E-state index in [0.717, 1.165) is 0 Å². The van der Waals surface area contributed by atoms with Gasteiger partial charge in [0, 0.05) is 38.6 Å². The van der Waals surface area contributed by atoms with Crippen molar-refractivity contribution in [3.8, 4) is 5.69 Å². The predicted molar refractivity (Wildman–Crippen MR) is 108 cm³/mol. The van der Waals surface area contributed by atoms with Gasteiger partial charge >= 0.3 is 0 Å². The Morgan fingerprint density at radius 3 is 2.55 bits per heavy atom. The maximum atomic E-state index is 13.7. The van der Waals surface area contributed by atoms with Crippen LogP contribution in [0.15, 0.2) is 35.3 Å². The maximum Gasteiger partial charge on any atom is 0.268 e. The molecule has 2 amide bonds. The van der Waals surface area contributed by atoms with Gasteiger partial charge in [-0.25, -0.2) is 8.78 Å². The molecule has 31 heavy (non-hydrogen) atoms. The van der Waals surface area contributed by atoms with Crippen LogP contribution in [0.25, 0.3) is 5.69 Å². The van der Waals surface area contributed by atoms with E-state index in [4.69, 9.17) is 4.74 Å². The Labute approximate surface area is 177 Å². The zero-order chi connectivity index (χ0) is 22.1. The van der Waals surface area contributed by atoms with E-state index in [2.05, 4.69) is 0 Å². The molecule has 164 valence electrons. The lowest BCUT2D eigenvalue weighted by Crippen LogP contribution is -2.42. The summed E-state index contributed by atoms with van der Waals surface area (Å²) in [5, 5.41) is 0. The smallest absolute Gasteiger partial charge is 0.268 e. The fourth-order valence-corrected chi connectivity index (χ4v) is 4.16. The SMILES string of the molecule is COCC(=O)N1CCc2c(cn(-c3ccc(F)cc3)c(=O)c2C(=O)N2CC[C@@H](F)C2)C1. The summed E-state index contributed by atoms with van der Waals surface area (Å²) in [5.41, 5.74) is 1.09. The van der Waals surface area contributed by atoms with Crippen LogP contribution in [0.2, 0.25) is 0 Å². The van der Waals surface area contributed by atoms with E-state index in [9.17, 15) is 23.2 Å². The lowest BCUT2D eigenvalue weighted by molar-refractivity contribution is -0.136. The van der Waals surface area contributed by atoms with Crippen molar-refractivity contribution in [2.75, 3.05) is 33.4 Å². The number of carbonyl (C=O) groups is 2. The molecule has 0 bridgehead atoms. The molecule has 1 saturated heterocycles. The Bertz CT molecular complexity index is 1070. The predicted octanol–water partition coefficient (Wildman–Crippen LogP) is 1.69. The molecule has 1 aromatic heterocycles. The summed E-state index contributed by atoms with van der Waals surface area (Å²) in [5.74, 6) is -1.15. The number of halogens is 2. The lowest BCUT2D eigenvalue weighted by atomic mass is 9.95. The highest BCUT2D eigenvalue weighted by Crippen LogP contribution is 2.25. The molecule has 1 atom stereocenters. The Morgan fingerprint density at radius 1 is 1.16 bits per heavy atom. The number of aromatic nitrogens is 1. The van der Waals surface area contributed by atoms with Gasteiger partial charge in [-0.3, -0.25) is 19.0 Å². The second kappa shape index (κ2) is 8.58. The van der Waals surface area contributed by atoms with Gasteiger partial charge in [0.25, 0.3) is 11.5 Å². The summed E-state index contributed by atoms with van der Waals surface area (Å²) >= 11 is 0. The summed E-state index contributed by atoms with van der Waals surface area (Å²) in [6, 6.07) is 5.35. The Morgan fingerprint density at radius 2 is 1.90 bits per heavy atom. The molecular formula is C22H23F2N3O4. The molecule has 0 radical (unpaired) electrons. The highest BCUT2D eigenvalue weighted by Gasteiger charge is 2.33. The molecule has 0 unspecified atom stereocenters. The van der Waals surface area contributed by atoms with Crippen LogP contribution < -0.4 is 5.56 Å². The summed E-state index contributed by atoms with van der Waals surface area (Å²) in [4.78, 5) is 41.8. The van der Waals surface area contributed by atoms with Crippen LogP contribution in [0.1, 0.15) is 27.9 Å². The summed E-state index contributed by atoms with van der Waals surface area (Å²) in [6.07, 6.45) is 1.06. The quantitative estimate of drug-likeness (QED) is 0.739. The molecule has 0 aliphatic carbocycles. The lowest BCUT2D eigenvalue weighted by Gasteiger charge is -2.31. The van der Waals surface area contributed by atoms with Crippen LogP contribution in [-0.4, -0.2) is 65.7 Å². The molecule has 2 aliphatic heterocycles. The van der Waals surface area contributed by atoms with Crippen molar-refractivity contribution < 1.29 is 23.1 Å². The van der Waals surface area contributed by atoms with Crippen LogP contribution in [0.3, 0.4) is 0 Å². The number of carbonyl (C=O) groups excluding carboxylic acids is 2. The maximum absolute atomic E-state index is 13.7. The third-order valence-electron chi connectivity index (χ3n) is 5.76. The van der Waals surface area contributed by atoms with E-state index in [0.29, 0.717) is 29.8 Å². The number of alkyl halides is 1. The van der Waals surface area contributed by atoms with E-state index in [1.165, 1.54) is 40.8 Å².